The minimum atomic E-state index is -0.377. The van der Waals surface area contributed by atoms with Crippen LogP contribution in [-0.2, 0) is 9.31 Å². The van der Waals surface area contributed by atoms with Crippen molar-refractivity contribution in [2.24, 2.45) is 5.73 Å². The van der Waals surface area contributed by atoms with Gasteiger partial charge in [0.15, 0.2) is 0 Å². The molecule has 3 unspecified atom stereocenters. The van der Waals surface area contributed by atoms with E-state index in [1.54, 1.807) is 0 Å². The molecule has 3 atom stereocenters. The summed E-state index contributed by atoms with van der Waals surface area (Å²) in [6.45, 7) is 10.5. The predicted molar refractivity (Wildman–Crippen MR) is 165 cm³/mol. The van der Waals surface area contributed by atoms with Crippen LogP contribution in [0.15, 0.2) is 109 Å². The van der Waals surface area contributed by atoms with Crippen LogP contribution in [0.1, 0.15) is 69.7 Å². The molecule has 1 saturated heterocycles. The summed E-state index contributed by atoms with van der Waals surface area (Å²) in [5, 5.41) is 7.32. The molecule has 0 saturated carbocycles. The zero-order valence-electron chi connectivity index (χ0n) is 24.1. The molecule has 1 fully saturated rings. The first-order chi connectivity index (χ1) is 19.1. The number of rotatable bonds is 9. The van der Waals surface area contributed by atoms with Crippen LogP contribution in [0.5, 0.6) is 0 Å². The van der Waals surface area contributed by atoms with Crippen molar-refractivity contribution in [3.63, 3.8) is 0 Å². The van der Waals surface area contributed by atoms with Gasteiger partial charge >= 0.3 is 7.12 Å². The van der Waals surface area contributed by atoms with E-state index >= 15 is 0 Å². The number of hydrogen-bond donors (Lipinski definition) is 3. The molecule has 4 aromatic carbocycles. The Hall–Kier alpha value is -3.26. The second-order valence-corrected chi connectivity index (χ2v) is 11.6. The van der Waals surface area contributed by atoms with Crippen molar-refractivity contribution in [1.82, 2.24) is 10.6 Å². The van der Waals surface area contributed by atoms with Crippen LogP contribution in [0.2, 0.25) is 0 Å². The fourth-order valence-electron chi connectivity index (χ4n) is 4.98. The minimum absolute atomic E-state index is 0.0887. The van der Waals surface area contributed by atoms with Gasteiger partial charge in [0, 0.05) is 6.04 Å². The molecule has 4 aromatic rings. The summed E-state index contributed by atoms with van der Waals surface area (Å²) in [6, 6.07) is 37.7. The normalized spacial score (nSPS) is 18.3. The highest BCUT2D eigenvalue weighted by Crippen LogP contribution is 2.36. The van der Waals surface area contributed by atoms with Gasteiger partial charge in [-0.25, -0.2) is 0 Å². The van der Waals surface area contributed by atoms with Gasteiger partial charge in [-0.05, 0) is 67.9 Å². The Morgan fingerprint density at radius 2 is 1.20 bits per heavy atom. The molecule has 5 rings (SSSR count). The highest BCUT2D eigenvalue weighted by atomic mass is 16.7. The summed E-state index contributed by atoms with van der Waals surface area (Å²) in [5.41, 5.74) is 12.5. The Labute approximate surface area is 239 Å². The van der Waals surface area contributed by atoms with Crippen LogP contribution < -0.4 is 21.8 Å². The van der Waals surface area contributed by atoms with E-state index in [2.05, 4.69) is 118 Å². The largest absolute Gasteiger partial charge is 0.494 e. The maximum absolute atomic E-state index is 6.55. The third-order valence-corrected chi connectivity index (χ3v) is 8.21. The zero-order chi connectivity index (χ0) is 28.3. The molecule has 4 N–H and O–H groups in total. The van der Waals surface area contributed by atoms with E-state index in [1.165, 1.54) is 5.56 Å². The average Bonchev–Trinajstić information content (AvgIpc) is 3.20. The van der Waals surface area contributed by atoms with Gasteiger partial charge < -0.3 is 15.0 Å². The molecule has 0 aliphatic carbocycles. The Bertz CT molecular complexity index is 1380. The van der Waals surface area contributed by atoms with Crippen LogP contribution in [-0.4, -0.2) is 18.3 Å². The van der Waals surface area contributed by atoms with Crippen LogP contribution >= 0.6 is 0 Å². The van der Waals surface area contributed by atoms with E-state index in [4.69, 9.17) is 15.0 Å². The van der Waals surface area contributed by atoms with E-state index in [0.29, 0.717) is 0 Å². The first kappa shape index (κ1) is 28.3. The van der Waals surface area contributed by atoms with Crippen molar-refractivity contribution in [3.8, 4) is 11.1 Å². The highest BCUT2D eigenvalue weighted by Gasteiger charge is 2.51. The molecule has 40 heavy (non-hydrogen) atoms. The zero-order valence-corrected chi connectivity index (χ0v) is 24.1. The maximum atomic E-state index is 6.55. The molecular formula is C34H40BN3O2. The van der Waals surface area contributed by atoms with Crippen molar-refractivity contribution in [3.05, 3.63) is 126 Å². The summed E-state index contributed by atoms with van der Waals surface area (Å²) < 4.78 is 12.6. The Kier molecular flexibility index (Phi) is 8.27. The smallest absolute Gasteiger partial charge is 0.399 e. The molecule has 1 heterocycles. The third kappa shape index (κ3) is 6.22. The molecule has 1 aliphatic rings. The summed E-state index contributed by atoms with van der Waals surface area (Å²) in [6.07, 6.45) is -0.424. The van der Waals surface area contributed by atoms with Crippen LogP contribution in [0.25, 0.3) is 11.1 Å². The third-order valence-electron chi connectivity index (χ3n) is 8.21. The Balaban J connectivity index is 1.30. The fraction of sp³-hybridized carbons (Fsp3) is 0.294. The highest BCUT2D eigenvalue weighted by molar-refractivity contribution is 6.62. The van der Waals surface area contributed by atoms with Crippen LogP contribution in [0, 0.1) is 0 Å². The summed E-state index contributed by atoms with van der Waals surface area (Å²) in [4.78, 5) is 0. The quantitative estimate of drug-likeness (QED) is 0.175. The monoisotopic (exact) mass is 533 g/mol. The van der Waals surface area contributed by atoms with Gasteiger partial charge in [-0.1, -0.05) is 109 Å². The second-order valence-electron chi connectivity index (χ2n) is 11.6. The molecule has 0 radical (unpaired) electrons. The van der Waals surface area contributed by atoms with Crippen molar-refractivity contribution < 1.29 is 9.31 Å². The van der Waals surface area contributed by atoms with Crippen molar-refractivity contribution in [2.45, 2.75) is 64.2 Å². The molecule has 0 bridgehead atoms. The van der Waals surface area contributed by atoms with Crippen molar-refractivity contribution >= 4 is 12.6 Å². The van der Waals surface area contributed by atoms with Gasteiger partial charge in [-0.3, -0.25) is 10.6 Å². The lowest BCUT2D eigenvalue weighted by Crippen LogP contribution is -2.41. The van der Waals surface area contributed by atoms with E-state index in [9.17, 15) is 0 Å². The number of hydrogen-bond acceptors (Lipinski definition) is 5. The van der Waals surface area contributed by atoms with E-state index in [-0.39, 0.29) is 36.7 Å². The van der Waals surface area contributed by atoms with E-state index in [1.807, 2.05) is 36.4 Å². The molecule has 0 amide bonds. The Morgan fingerprint density at radius 1 is 0.625 bits per heavy atom. The molecule has 5 nitrogen and oxygen atoms in total. The lowest BCUT2D eigenvalue weighted by atomic mass is 9.78. The van der Waals surface area contributed by atoms with Gasteiger partial charge in [0.2, 0.25) is 0 Å². The average molecular weight is 534 g/mol. The lowest BCUT2D eigenvalue weighted by Gasteiger charge is -2.32. The van der Waals surface area contributed by atoms with Gasteiger partial charge in [0.25, 0.3) is 0 Å². The lowest BCUT2D eigenvalue weighted by molar-refractivity contribution is 0.00578. The second kappa shape index (κ2) is 11.7. The SMILES string of the molecule is CC(NC(NC(N)c1ccccc1)c1ccccc1)c1ccc(-c2cccc(B3OC(C)(C)C(C)(C)O3)c2)cc1. The minimum Gasteiger partial charge on any atom is -0.399 e. The number of benzene rings is 4. The van der Waals surface area contributed by atoms with Crippen LogP contribution in [0.4, 0.5) is 0 Å². The van der Waals surface area contributed by atoms with Gasteiger partial charge in [0.05, 0.1) is 23.5 Å². The maximum Gasteiger partial charge on any atom is 0.494 e. The van der Waals surface area contributed by atoms with Gasteiger partial charge in [0.1, 0.15) is 0 Å². The molecule has 0 aromatic heterocycles. The van der Waals surface area contributed by atoms with Gasteiger partial charge in [-0.2, -0.15) is 0 Å². The molecule has 206 valence electrons. The van der Waals surface area contributed by atoms with Crippen molar-refractivity contribution in [2.75, 3.05) is 0 Å². The molecule has 0 spiro atoms. The molecular weight excluding hydrogens is 493 g/mol. The topological polar surface area (TPSA) is 68.5 Å². The standard InChI is InChI=1S/C34H40BN3O2/c1-24(37-32(28-15-10-7-11-16-28)38-31(36)27-13-8-6-9-14-27)25-19-21-26(22-20-25)29-17-12-18-30(23-29)35-39-33(2,3)34(4,5)40-35/h6-24,31-32,37-38H,36H2,1-5H3. The number of nitrogens with two attached hydrogens (primary N) is 1. The molecule has 6 heteroatoms. The van der Waals surface area contributed by atoms with Gasteiger partial charge in [-0.15, -0.1) is 0 Å². The predicted octanol–water partition coefficient (Wildman–Crippen LogP) is 6.25. The summed E-state index contributed by atoms with van der Waals surface area (Å²) in [5.74, 6) is 0. The summed E-state index contributed by atoms with van der Waals surface area (Å²) in [7, 11) is -0.377. The first-order valence-electron chi connectivity index (χ1n) is 14.1. The molecule has 1 aliphatic heterocycles. The Morgan fingerprint density at radius 3 is 1.80 bits per heavy atom. The fourth-order valence-corrected chi connectivity index (χ4v) is 4.98. The first-order valence-corrected chi connectivity index (χ1v) is 14.1. The summed E-state index contributed by atoms with van der Waals surface area (Å²) >= 11 is 0. The van der Waals surface area contributed by atoms with E-state index in [0.717, 1.165) is 27.7 Å². The van der Waals surface area contributed by atoms with Crippen LogP contribution in [0.3, 0.4) is 0 Å². The number of nitrogens with one attached hydrogen (secondary N) is 2. The van der Waals surface area contributed by atoms with Crippen molar-refractivity contribution in [1.29, 1.82) is 0 Å². The van der Waals surface area contributed by atoms with E-state index < -0.39 is 0 Å².